The second-order valence-corrected chi connectivity index (χ2v) is 6.91. The highest BCUT2D eigenvalue weighted by Gasteiger charge is 2.28. The zero-order valence-corrected chi connectivity index (χ0v) is 13.1. The van der Waals surface area contributed by atoms with E-state index in [0.29, 0.717) is 0 Å². The summed E-state index contributed by atoms with van der Waals surface area (Å²) in [6, 6.07) is 8.87. The van der Waals surface area contributed by atoms with Crippen LogP contribution in [0.3, 0.4) is 0 Å². The predicted octanol–water partition coefficient (Wildman–Crippen LogP) is 0.860. The number of aliphatic carboxylic acids is 1. The van der Waals surface area contributed by atoms with Gasteiger partial charge in [-0.15, -0.1) is 0 Å². The second-order valence-electron chi connectivity index (χ2n) is 5.22. The highest BCUT2D eigenvalue weighted by atomic mass is 31.2. The summed E-state index contributed by atoms with van der Waals surface area (Å²) in [6.07, 6.45) is -0.394. The Morgan fingerprint density at radius 2 is 1.82 bits per heavy atom. The van der Waals surface area contributed by atoms with Crippen LogP contribution in [0.5, 0.6) is 0 Å². The molecule has 0 fully saturated rings. The highest BCUT2D eigenvalue weighted by Crippen LogP contribution is 2.37. The largest absolute Gasteiger partial charge is 0.481 e. The van der Waals surface area contributed by atoms with Gasteiger partial charge < -0.3 is 20.2 Å². The SMILES string of the molecule is C[C@@H](CNC(=O)[C@H](Cc1ccccc1)CP(=O)(O)O)C(=O)O. The molecule has 7 nitrogen and oxygen atoms in total. The highest BCUT2D eigenvalue weighted by molar-refractivity contribution is 7.51. The van der Waals surface area contributed by atoms with Gasteiger partial charge in [-0.05, 0) is 12.0 Å². The summed E-state index contributed by atoms with van der Waals surface area (Å²) < 4.78 is 11.2. The molecule has 0 aliphatic carbocycles. The zero-order chi connectivity index (χ0) is 16.8. The van der Waals surface area contributed by atoms with Crippen molar-refractivity contribution in [2.24, 2.45) is 11.8 Å². The van der Waals surface area contributed by atoms with E-state index in [1.807, 2.05) is 0 Å². The summed E-state index contributed by atoms with van der Waals surface area (Å²) in [5.74, 6) is -3.28. The predicted molar refractivity (Wildman–Crippen MR) is 80.4 cm³/mol. The molecular formula is C14H20NO6P. The van der Waals surface area contributed by atoms with Crippen LogP contribution in [-0.4, -0.2) is 39.5 Å². The van der Waals surface area contributed by atoms with Crippen molar-refractivity contribution in [2.45, 2.75) is 13.3 Å². The van der Waals surface area contributed by atoms with Crippen LogP contribution in [0.15, 0.2) is 30.3 Å². The second kappa shape index (κ2) is 8.08. The van der Waals surface area contributed by atoms with Gasteiger partial charge in [-0.3, -0.25) is 14.2 Å². The summed E-state index contributed by atoms with van der Waals surface area (Å²) in [7, 11) is -4.36. The van der Waals surface area contributed by atoms with Crippen molar-refractivity contribution in [2.75, 3.05) is 12.7 Å². The third kappa shape index (κ3) is 6.85. The van der Waals surface area contributed by atoms with Crippen LogP contribution < -0.4 is 5.32 Å². The summed E-state index contributed by atoms with van der Waals surface area (Å²) in [4.78, 5) is 41.1. The average Bonchev–Trinajstić information content (AvgIpc) is 2.43. The number of carbonyl (C=O) groups is 2. The van der Waals surface area contributed by atoms with E-state index in [9.17, 15) is 14.2 Å². The molecule has 2 atom stereocenters. The number of carboxylic acids is 1. The fourth-order valence-electron chi connectivity index (χ4n) is 1.91. The number of hydrogen-bond donors (Lipinski definition) is 4. The maximum atomic E-state index is 12.1. The van der Waals surface area contributed by atoms with Gasteiger partial charge >= 0.3 is 13.6 Å². The van der Waals surface area contributed by atoms with Gasteiger partial charge in [0.2, 0.25) is 5.91 Å². The van der Waals surface area contributed by atoms with Crippen molar-refractivity contribution < 1.29 is 29.0 Å². The van der Waals surface area contributed by atoms with Crippen LogP contribution >= 0.6 is 7.60 Å². The number of benzene rings is 1. The number of amides is 1. The van der Waals surface area contributed by atoms with Crippen LogP contribution in [0.4, 0.5) is 0 Å². The van der Waals surface area contributed by atoms with Crippen LogP contribution in [0.25, 0.3) is 0 Å². The number of nitrogens with one attached hydrogen (secondary N) is 1. The molecule has 0 saturated carbocycles. The molecule has 1 amide bonds. The first-order valence-electron chi connectivity index (χ1n) is 6.78. The zero-order valence-electron chi connectivity index (χ0n) is 12.2. The number of rotatable bonds is 8. The molecule has 8 heteroatoms. The topological polar surface area (TPSA) is 124 Å². The van der Waals surface area contributed by atoms with E-state index in [-0.39, 0.29) is 13.0 Å². The monoisotopic (exact) mass is 329 g/mol. The van der Waals surface area contributed by atoms with E-state index in [1.54, 1.807) is 30.3 Å². The van der Waals surface area contributed by atoms with Crippen LogP contribution in [-0.2, 0) is 20.6 Å². The molecular weight excluding hydrogens is 309 g/mol. The molecule has 0 spiro atoms. The lowest BCUT2D eigenvalue weighted by molar-refractivity contribution is -0.141. The molecule has 1 rings (SSSR count). The first-order valence-corrected chi connectivity index (χ1v) is 8.58. The Hall–Kier alpha value is -1.69. The van der Waals surface area contributed by atoms with Crippen molar-refractivity contribution in [3.63, 3.8) is 0 Å². The van der Waals surface area contributed by atoms with Crippen molar-refractivity contribution in [3.8, 4) is 0 Å². The maximum Gasteiger partial charge on any atom is 0.326 e. The smallest absolute Gasteiger partial charge is 0.326 e. The number of carboxylic acid groups (broad SMARTS) is 1. The number of hydrogen-bond acceptors (Lipinski definition) is 3. The van der Waals surface area contributed by atoms with Crippen molar-refractivity contribution >= 4 is 19.5 Å². The lowest BCUT2D eigenvalue weighted by atomic mass is 10.00. The van der Waals surface area contributed by atoms with E-state index in [1.165, 1.54) is 6.92 Å². The Morgan fingerprint density at radius 3 is 2.32 bits per heavy atom. The summed E-state index contributed by atoms with van der Waals surface area (Å²) >= 11 is 0. The minimum Gasteiger partial charge on any atom is -0.481 e. The first-order chi connectivity index (χ1) is 10.2. The van der Waals surface area contributed by atoms with E-state index >= 15 is 0 Å². The van der Waals surface area contributed by atoms with Gasteiger partial charge in [0, 0.05) is 6.54 Å². The van der Waals surface area contributed by atoms with E-state index in [4.69, 9.17) is 14.9 Å². The Bertz CT molecular complexity index is 556. The molecule has 0 heterocycles. The molecule has 22 heavy (non-hydrogen) atoms. The summed E-state index contributed by atoms with van der Waals surface area (Å²) in [6.45, 7) is 1.36. The molecule has 4 N–H and O–H groups in total. The van der Waals surface area contributed by atoms with Gasteiger partial charge in [0.25, 0.3) is 0 Å². The van der Waals surface area contributed by atoms with Crippen molar-refractivity contribution in [1.29, 1.82) is 0 Å². The van der Waals surface area contributed by atoms with Crippen LogP contribution in [0.2, 0.25) is 0 Å². The lowest BCUT2D eigenvalue weighted by Gasteiger charge is -2.18. The third-order valence-corrected chi connectivity index (χ3v) is 4.07. The molecule has 1 aromatic rings. The standard InChI is InChI=1S/C14H20NO6P/c1-10(14(17)18)8-15-13(16)12(9-22(19,20)21)7-11-5-3-2-4-6-11/h2-6,10,12H,7-9H2,1H3,(H,15,16)(H,17,18)(H2,19,20,21)/t10-,12+/m0/s1. The van der Waals surface area contributed by atoms with E-state index in [0.717, 1.165) is 5.56 Å². The van der Waals surface area contributed by atoms with Crippen LogP contribution in [0, 0.1) is 11.8 Å². The molecule has 122 valence electrons. The fraction of sp³-hybridized carbons (Fsp3) is 0.429. The molecule has 0 aromatic heterocycles. The summed E-state index contributed by atoms with van der Waals surface area (Å²) in [5.41, 5.74) is 0.780. The molecule has 1 aromatic carbocycles. The molecule has 0 saturated heterocycles. The Morgan fingerprint density at radius 1 is 1.23 bits per heavy atom. The fourth-order valence-corrected chi connectivity index (χ4v) is 2.78. The maximum absolute atomic E-state index is 12.1. The minimum absolute atomic E-state index is 0.0827. The Labute approximate surface area is 128 Å². The van der Waals surface area contributed by atoms with Gasteiger partial charge in [-0.25, -0.2) is 0 Å². The van der Waals surface area contributed by atoms with Gasteiger partial charge in [0.05, 0.1) is 18.0 Å². The number of carbonyl (C=O) groups excluding carboxylic acids is 1. The van der Waals surface area contributed by atoms with E-state index in [2.05, 4.69) is 5.32 Å². The van der Waals surface area contributed by atoms with Crippen LogP contribution in [0.1, 0.15) is 12.5 Å². The van der Waals surface area contributed by atoms with Gasteiger partial charge in [-0.2, -0.15) is 0 Å². The Balaban J connectivity index is 2.74. The van der Waals surface area contributed by atoms with Crippen molar-refractivity contribution in [3.05, 3.63) is 35.9 Å². The molecule has 0 aliphatic heterocycles. The lowest BCUT2D eigenvalue weighted by Crippen LogP contribution is -2.38. The molecule has 0 radical (unpaired) electrons. The normalized spacial score (nSPS) is 14.1. The van der Waals surface area contributed by atoms with E-state index < -0.39 is 37.5 Å². The average molecular weight is 329 g/mol. The molecule has 0 unspecified atom stereocenters. The summed E-state index contributed by atoms with van der Waals surface area (Å²) in [5, 5.41) is 11.2. The quantitative estimate of drug-likeness (QED) is 0.524. The van der Waals surface area contributed by atoms with Gasteiger partial charge in [-0.1, -0.05) is 37.3 Å². The van der Waals surface area contributed by atoms with Gasteiger partial charge in [0.1, 0.15) is 0 Å². The Kier molecular flexibility index (Phi) is 6.74. The van der Waals surface area contributed by atoms with Gasteiger partial charge in [0.15, 0.2) is 0 Å². The minimum atomic E-state index is -4.36. The molecule has 0 aliphatic rings. The third-order valence-electron chi connectivity index (χ3n) is 3.16. The first kappa shape index (κ1) is 18.4. The van der Waals surface area contributed by atoms with Crippen molar-refractivity contribution in [1.82, 2.24) is 5.32 Å². The molecule has 0 bridgehead atoms.